The fraction of sp³-hybridized carbons (Fsp3) is 0.276. The van der Waals surface area contributed by atoms with Gasteiger partial charge in [-0.2, -0.15) is 0 Å². The van der Waals surface area contributed by atoms with E-state index in [1.165, 1.54) is 5.56 Å². The van der Waals surface area contributed by atoms with E-state index in [2.05, 4.69) is 5.32 Å². The Morgan fingerprint density at radius 3 is 1.92 bits per heavy atom. The van der Waals surface area contributed by atoms with Crippen LogP contribution in [0.25, 0.3) is 5.57 Å². The highest BCUT2D eigenvalue weighted by Gasteiger charge is 2.41. The maximum absolute atomic E-state index is 13.5. The molecule has 1 unspecified atom stereocenters. The summed E-state index contributed by atoms with van der Waals surface area (Å²) in [5.41, 5.74) is 4.30. The summed E-state index contributed by atoms with van der Waals surface area (Å²) in [6, 6.07) is 19.1. The molecule has 1 aliphatic carbocycles. The molecule has 0 bridgehead atoms. The van der Waals surface area contributed by atoms with Gasteiger partial charge in [0.25, 0.3) is 0 Å². The van der Waals surface area contributed by atoms with Gasteiger partial charge in [0.2, 0.25) is 0 Å². The molecule has 1 atom stereocenters. The summed E-state index contributed by atoms with van der Waals surface area (Å²) in [5.74, 6) is 2.81. The second kappa shape index (κ2) is 11.1. The quantitative estimate of drug-likeness (QED) is 0.421. The summed E-state index contributed by atoms with van der Waals surface area (Å²) >= 11 is 0. The Morgan fingerprint density at radius 1 is 0.694 bits per heavy atom. The number of hydrogen-bond acceptors (Lipinski definition) is 7. The number of ketones is 1. The van der Waals surface area contributed by atoms with Crippen molar-refractivity contribution in [1.82, 2.24) is 5.32 Å². The Hall–Kier alpha value is -4.13. The van der Waals surface area contributed by atoms with Crippen molar-refractivity contribution >= 4 is 11.4 Å². The Morgan fingerprint density at radius 2 is 1.31 bits per heavy atom. The molecule has 0 saturated carbocycles. The van der Waals surface area contributed by atoms with E-state index in [1.807, 2.05) is 60.7 Å². The Labute approximate surface area is 211 Å². The van der Waals surface area contributed by atoms with Crippen LogP contribution >= 0.6 is 0 Å². The van der Waals surface area contributed by atoms with Crippen molar-refractivity contribution < 1.29 is 28.5 Å². The van der Waals surface area contributed by atoms with Gasteiger partial charge in [-0.15, -0.1) is 0 Å². The van der Waals surface area contributed by atoms with E-state index in [-0.39, 0.29) is 5.78 Å². The topological polar surface area (TPSA) is 75.2 Å². The molecule has 1 N–H and O–H groups in total. The number of allylic oxidation sites excluding steroid dienone is 2. The average Bonchev–Trinajstić information content (AvgIpc) is 2.92. The van der Waals surface area contributed by atoms with Gasteiger partial charge in [-0.25, -0.2) is 0 Å². The predicted octanol–water partition coefficient (Wildman–Crippen LogP) is 4.64. The lowest BCUT2D eigenvalue weighted by atomic mass is 9.73. The molecule has 0 aromatic heterocycles. The minimum Gasteiger partial charge on any atom is -0.497 e. The molecule has 4 rings (SSSR count). The van der Waals surface area contributed by atoms with Crippen LogP contribution < -0.4 is 29.0 Å². The third-order valence-electron chi connectivity index (χ3n) is 6.37. The first-order chi connectivity index (χ1) is 17.5. The lowest BCUT2D eigenvalue weighted by Crippen LogP contribution is -2.37. The van der Waals surface area contributed by atoms with Crippen molar-refractivity contribution in [2.45, 2.75) is 12.3 Å². The number of benzene rings is 3. The van der Waals surface area contributed by atoms with Crippen LogP contribution in [0.3, 0.4) is 0 Å². The van der Waals surface area contributed by atoms with Crippen LogP contribution in [-0.2, 0) is 11.2 Å². The number of ether oxygens (including phenoxy) is 5. The number of methoxy groups -OCH3 is 5. The highest BCUT2D eigenvalue weighted by molar-refractivity contribution is 6.32. The van der Waals surface area contributed by atoms with Crippen molar-refractivity contribution in [2.24, 2.45) is 0 Å². The van der Waals surface area contributed by atoms with E-state index in [9.17, 15) is 4.79 Å². The second-order valence-electron chi connectivity index (χ2n) is 8.29. The zero-order chi connectivity index (χ0) is 25.7. The fourth-order valence-corrected chi connectivity index (χ4v) is 4.44. The van der Waals surface area contributed by atoms with Crippen LogP contribution in [-0.4, -0.2) is 47.9 Å². The average molecular weight is 490 g/mol. The standard InChI is InChI=1S/C29H31NO6/c1-32-21-10-6-18(7-11-21)14-15-30-28-26(19-8-12-22(33-2)24(16-19)35-4)29(31)27(28)20-9-13-23(34-3)25(17-20)36-5/h6-13,16-17,26,30H,14-15H2,1-5H3. The van der Waals surface area contributed by atoms with Gasteiger partial charge in [0.15, 0.2) is 28.8 Å². The van der Waals surface area contributed by atoms with Gasteiger partial charge in [-0.1, -0.05) is 24.3 Å². The van der Waals surface area contributed by atoms with Gasteiger partial charge in [-0.05, 0) is 59.5 Å². The van der Waals surface area contributed by atoms with Gasteiger partial charge in [0.1, 0.15) is 5.75 Å². The second-order valence-corrected chi connectivity index (χ2v) is 8.29. The maximum Gasteiger partial charge on any atom is 0.178 e. The summed E-state index contributed by atoms with van der Waals surface area (Å²) in [6.45, 7) is 0.662. The molecular weight excluding hydrogens is 458 g/mol. The van der Waals surface area contributed by atoms with Crippen LogP contribution in [0.2, 0.25) is 0 Å². The van der Waals surface area contributed by atoms with Gasteiger partial charge in [-0.3, -0.25) is 4.79 Å². The number of hydrogen-bond donors (Lipinski definition) is 1. The third-order valence-corrected chi connectivity index (χ3v) is 6.37. The summed E-state index contributed by atoms with van der Waals surface area (Å²) in [5, 5.41) is 3.54. The lowest BCUT2D eigenvalue weighted by molar-refractivity contribution is -0.115. The molecular formula is C29H31NO6. The Kier molecular flexibility index (Phi) is 7.68. The third kappa shape index (κ3) is 4.82. The molecule has 3 aromatic rings. The normalized spacial score (nSPS) is 14.7. The number of Topliss-reactive ketones (excluding diaryl/α,β-unsaturated/α-hetero) is 1. The number of rotatable bonds is 11. The lowest BCUT2D eigenvalue weighted by Gasteiger charge is -2.34. The van der Waals surface area contributed by atoms with Crippen LogP contribution in [0.4, 0.5) is 0 Å². The van der Waals surface area contributed by atoms with Crippen LogP contribution in [0.15, 0.2) is 66.4 Å². The van der Waals surface area contributed by atoms with E-state index >= 15 is 0 Å². The smallest absolute Gasteiger partial charge is 0.178 e. The van der Waals surface area contributed by atoms with Gasteiger partial charge < -0.3 is 29.0 Å². The molecule has 0 aliphatic heterocycles. The zero-order valence-electron chi connectivity index (χ0n) is 21.2. The van der Waals surface area contributed by atoms with E-state index in [0.717, 1.165) is 29.0 Å². The molecule has 1 aliphatic rings. The molecule has 7 nitrogen and oxygen atoms in total. The first-order valence-electron chi connectivity index (χ1n) is 11.6. The van der Waals surface area contributed by atoms with E-state index in [1.54, 1.807) is 35.5 Å². The molecule has 188 valence electrons. The summed E-state index contributed by atoms with van der Waals surface area (Å²) in [6.07, 6.45) is 0.791. The van der Waals surface area contributed by atoms with E-state index in [4.69, 9.17) is 23.7 Å². The maximum atomic E-state index is 13.5. The minimum atomic E-state index is -0.427. The first kappa shape index (κ1) is 25.0. The summed E-state index contributed by atoms with van der Waals surface area (Å²) in [7, 11) is 8.00. The first-order valence-corrected chi connectivity index (χ1v) is 11.6. The van der Waals surface area contributed by atoms with Gasteiger partial charge in [0, 0.05) is 17.8 Å². The summed E-state index contributed by atoms with van der Waals surface area (Å²) < 4.78 is 26.9. The fourth-order valence-electron chi connectivity index (χ4n) is 4.44. The zero-order valence-corrected chi connectivity index (χ0v) is 21.2. The SMILES string of the molecule is COc1ccc(CCNC2=C(c3ccc(OC)c(OC)c3)C(=O)C2c2ccc(OC)c(OC)c2)cc1. The summed E-state index contributed by atoms with van der Waals surface area (Å²) in [4.78, 5) is 13.5. The molecule has 0 saturated heterocycles. The van der Waals surface area contributed by atoms with Crippen molar-refractivity contribution in [3.05, 3.63) is 83.1 Å². The molecule has 7 heteroatoms. The van der Waals surface area contributed by atoms with E-state index < -0.39 is 5.92 Å². The number of carbonyl (C=O) groups is 1. The van der Waals surface area contributed by atoms with Crippen LogP contribution in [0, 0.1) is 0 Å². The van der Waals surface area contributed by atoms with Crippen molar-refractivity contribution in [2.75, 3.05) is 42.1 Å². The number of carbonyl (C=O) groups excluding carboxylic acids is 1. The van der Waals surface area contributed by atoms with Crippen LogP contribution in [0.5, 0.6) is 28.7 Å². The molecule has 36 heavy (non-hydrogen) atoms. The Bertz CT molecular complexity index is 1270. The molecule has 0 fully saturated rings. The van der Waals surface area contributed by atoms with Crippen molar-refractivity contribution in [3.8, 4) is 28.7 Å². The van der Waals surface area contributed by atoms with Crippen molar-refractivity contribution in [1.29, 1.82) is 0 Å². The highest BCUT2D eigenvalue weighted by atomic mass is 16.5. The minimum absolute atomic E-state index is 0.0291. The van der Waals surface area contributed by atoms with Gasteiger partial charge in [0.05, 0.1) is 41.5 Å². The molecule has 0 radical (unpaired) electrons. The predicted molar refractivity (Wildman–Crippen MR) is 138 cm³/mol. The van der Waals surface area contributed by atoms with Crippen molar-refractivity contribution in [3.63, 3.8) is 0 Å². The Balaban J connectivity index is 1.67. The molecule has 0 amide bonds. The molecule has 3 aromatic carbocycles. The van der Waals surface area contributed by atoms with Crippen LogP contribution in [0.1, 0.15) is 22.6 Å². The highest BCUT2D eigenvalue weighted by Crippen LogP contribution is 2.46. The molecule has 0 spiro atoms. The largest absolute Gasteiger partial charge is 0.497 e. The van der Waals surface area contributed by atoms with E-state index in [0.29, 0.717) is 35.1 Å². The molecule has 0 heterocycles. The monoisotopic (exact) mass is 489 g/mol. The number of nitrogens with one attached hydrogen (secondary N) is 1. The van der Waals surface area contributed by atoms with Gasteiger partial charge >= 0.3 is 0 Å².